The lowest BCUT2D eigenvalue weighted by Crippen LogP contribution is -2.34. The molecule has 0 N–H and O–H groups in total. The Morgan fingerprint density at radius 2 is 2.38 bits per heavy atom. The molecule has 3 heteroatoms. The van der Waals surface area contributed by atoms with Crippen LogP contribution in [0.1, 0.15) is 24.1 Å². The highest BCUT2D eigenvalue weighted by molar-refractivity contribution is 7.10. The van der Waals surface area contributed by atoms with Gasteiger partial charge in [-0.2, -0.15) is 0 Å². The molecule has 84 valence electrons. The number of hydrogen-bond acceptors (Lipinski definition) is 3. The highest BCUT2D eigenvalue weighted by Gasteiger charge is 2.36. The fourth-order valence-corrected chi connectivity index (χ4v) is 2.73. The monoisotopic (exact) mass is 234 g/mol. The Kier molecular flexibility index (Phi) is 2.58. The van der Waals surface area contributed by atoms with E-state index in [-0.39, 0.29) is 0 Å². The van der Waals surface area contributed by atoms with Gasteiger partial charge >= 0.3 is 0 Å². The van der Waals surface area contributed by atoms with Crippen LogP contribution in [0.3, 0.4) is 0 Å². The third kappa shape index (κ3) is 1.93. The number of rotatable bonds is 1. The molecule has 1 fully saturated rings. The van der Waals surface area contributed by atoms with Gasteiger partial charge in [0, 0.05) is 11.3 Å². The summed E-state index contributed by atoms with van der Waals surface area (Å²) in [5.41, 5.74) is 0. The maximum atomic E-state index is 5.90. The zero-order valence-electron chi connectivity index (χ0n) is 9.02. The van der Waals surface area contributed by atoms with E-state index < -0.39 is 5.79 Å². The number of ether oxygens (including phenoxy) is 2. The molecule has 0 radical (unpaired) electrons. The minimum atomic E-state index is -0.457. The smallest absolute Gasteiger partial charge is 0.230 e. The van der Waals surface area contributed by atoms with Crippen molar-refractivity contribution in [1.82, 2.24) is 0 Å². The average molecular weight is 234 g/mol. The van der Waals surface area contributed by atoms with Gasteiger partial charge in [-0.25, -0.2) is 0 Å². The number of thiophene rings is 1. The van der Waals surface area contributed by atoms with Crippen molar-refractivity contribution in [3.63, 3.8) is 0 Å². The van der Waals surface area contributed by atoms with Crippen LogP contribution in [0.4, 0.5) is 0 Å². The Labute approximate surface area is 99.2 Å². The first-order valence-electron chi connectivity index (χ1n) is 5.64. The second kappa shape index (κ2) is 4.07. The second-order valence-electron chi connectivity index (χ2n) is 4.11. The third-order valence-electron chi connectivity index (χ3n) is 2.89. The lowest BCUT2D eigenvalue weighted by molar-refractivity contribution is -0.191. The quantitative estimate of drug-likeness (QED) is 0.739. The van der Waals surface area contributed by atoms with Gasteiger partial charge in [0.15, 0.2) is 0 Å². The Balaban J connectivity index is 1.76. The average Bonchev–Trinajstić information content (AvgIpc) is 2.92. The molecule has 1 aromatic heterocycles. The highest BCUT2D eigenvalue weighted by atomic mass is 32.1. The Morgan fingerprint density at radius 3 is 3.12 bits per heavy atom. The van der Waals surface area contributed by atoms with Crippen LogP contribution in [0.15, 0.2) is 35.4 Å². The molecule has 3 rings (SSSR count). The highest BCUT2D eigenvalue weighted by Crippen LogP contribution is 2.35. The molecule has 1 saturated heterocycles. The van der Waals surface area contributed by atoms with Crippen molar-refractivity contribution in [2.45, 2.75) is 25.0 Å². The molecule has 16 heavy (non-hydrogen) atoms. The summed E-state index contributed by atoms with van der Waals surface area (Å²) in [6.07, 6.45) is 9.41. The van der Waals surface area contributed by atoms with Crippen LogP contribution in [0.25, 0.3) is 6.08 Å². The molecule has 0 aliphatic carbocycles. The topological polar surface area (TPSA) is 18.5 Å². The summed E-state index contributed by atoms with van der Waals surface area (Å²) in [6.45, 7) is 0.802. The van der Waals surface area contributed by atoms with Crippen molar-refractivity contribution in [2.75, 3.05) is 6.61 Å². The molecule has 0 amide bonds. The van der Waals surface area contributed by atoms with Crippen molar-refractivity contribution in [2.24, 2.45) is 0 Å². The van der Waals surface area contributed by atoms with Gasteiger partial charge in [-0.3, -0.25) is 0 Å². The molecular formula is C13H14O2S. The predicted molar refractivity (Wildman–Crippen MR) is 65.1 cm³/mol. The van der Waals surface area contributed by atoms with E-state index in [4.69, 9.17) is 9.47 Å². The fraction of sp³-hybridized carbons (Fsp3) is 0.385. The van der Waals surface area contributed by atoms with Crippen molar-refractivity contribution in [3.05, 3.63) is 40.3 Å². The summed E-state index contributed by atoms with van der Waals surface area (Å²) in [6, 6.07) is 4.13. The Bertz CT molecular complexity index is 411. The maximum Gasteiger partial charge on any atom is 0.230 e. The predicted octanol–water partition coefficient (Wildman–Crippen LogP) is 3.57. The van der Waals surface area contributed by atoms with Crippen LogP contribution in [-0.4, -0.2) is 12.4 Å². The van der Waals surface area contributed by atoms with Crippen LogP contribution in [0.5, 0.6) is 0 Å². The molecule has 3 heterocycles. The number of hydrogen-bond donors (Lipinski definition) is 0. The van der Waals surface area contributed by atoms with Crippen molar-refractivity contribution < 1.29 is 9.47 Å². The van der Waals surface area contributed by atoms with E-state index >= 15 is 0 Å². The summed E-state index contributed by atoms with van der Waals surface area (Å²) >= 11 is 1.71. The van der Waals surface area contributed by atoms with Crippen LogP contribution in [0, 0.1) is 0 Å². The Hall–Kier alpha value is -1.06. The molecule has 0 aromatic carbocycles. The van der Waals surface area contributed by atoms with E-state index in [1.807, 2.05) is 18.2 Å². The third-order valence-corrected chi connectivity index (χ3v) is 3.71. The summed E-state index contributed by atoms with van der Waals surface area (Å²) in [7, 11) is 0. The van der Waals surface area contributed by atoms with Crippen LogP contribution in [0.2, 0.25) is 0 Å². The molecule has 1 spiro atoms. The van der Waals surface area contributed by atoms with Gasteiger partial charge in [-0.15, -0.1) is 11.3 Å². The molecular weight excluding hydrogens is 220 g/mol. The number of allylic oxidation sites excluding steroid dienone is 1. The summed E-state index contributed by atoms with van der Waals surface area (Å²) < 4.78 is 11.6. The summed E-state index contributed by atoms with van der Waals surface area (Å²) in [5, 5.41) is 2.07. The lowest BCUT2D eigenvalue weighted by atomic mass is 10.1. The lowest BCUT2D eigenvalue weighted by Gasteiger charge is -2.31. The normalized spacial score (nSPS) is 31.1. The standard InChI is InChI=1S/C13H14O2S/c1-2-8-14-13(6-1)7-5-11(15-13)10-12-4-3-9-16-12/h3-5,7,9-10H,1-2,6,8H2/b11-10+/t13-/m1/s1. The fourth-order valence-electron chi connectivity index (χ4n) is 2.07. The molecule has 0 bridgehead atoms. The van der Waals surface area contributed by atoms with Gasteiger partial charge in [0.2, 0.25) is 5.79 Å². The molecule has 2 aliphatic rings. The van der Waals surface area contributed by atoms with Gasteiger partial charge in [0.05, 0.1) is 6.61 Å². The van der Waals surface area contributed by atoms with Crippen molar-refractivity contribution in [1.29, 1.82) is 0 Å². The van der Waals surface area contributed by atoms with Gasteiger partial charge in [-0.1, -0.05) is 6.07 Å². The molecule has 2 aliphatic heterocycles. The van der Waals surface area contributed by atoms with Crippen LogP contribution < -0.4 is 0 Å². The van der Waals surface area contributed by atoms with Crippen molar-refractivity contribution >= 4 is 17.4 Å². The first-order chi connectivity index (χ1) is 7.86. The maximum absolute atomic E-state index is 5.90. The molecule has 1 atom stereocenters. The van der Waals surface area contributed by atoms with Gasteiger partial charge in [0.1, 0.15) is 5.76 Å². The second-order valence-corrected chi connectivity index (χ2v) is 5.09. The van der Waals surface area contributed by atoms with Crippen molar-refractivity contribution in [3.8, 4) is 0 Å². The van der Waals surface area contributed by atoms with Gasteiger partial charge < -0.3 is 9.47 Å². The first-order valence-corrected chi connectivity index (χ1v) is 6.52. The van der Waals surface area contributed by atoms with Crippen LogP contribution >= 0.6 is 11.3 Å². The SMILES string of the molecule is C1=C[C@@]2(CCCCO2)O/C1=C/c1cccs1. The van der Waals surface area contributed by atoms with Gasteiger partial charge in [-0.05, 0) is 42.5 Å². The zero-order valence-corrected chi connectivity index (χ0v) is 9.83. The van der Waals surface area contributed by atoms with E-state index in [0.717, 1.165) is 25.2 Å². The molecule has 1 aromatic rings. The van der Waals surface area contributed by atoms with E-state index in [2.05, 4.69) is 17.5 Å². The van der Waals surface area contributed by atoms with Gasteiger partial charge in [0.25, 0.3) is 0 Å². The van der Waals surface area contributed by atoms with E-state index in [0.29, 0.717) is 0 Å². The first kappa shape index (κ1) is 10.1. The zero-order chi connectivity index (χ0) is 10.8. The van der Waals surface area contributed by atoms with E-state index in [1.54, 1.807) is 11.3 Å². The summed E-state index contributed by atoms with van der Waals surface area (Å²) in [4.78, 5) is 1.22. The minimum absolute atomic E-state index is 0.457. The minimum Gasteiger partial charge on any atom is -0.459 e. The van der Waals surface area contributed by atoms with E-state index in [9.17, 15) is 0 Å². The van der Waals surface area contributed by atoms with E-state index in [1.165, 1.54) is 11.3 Å². The summed E-state index contributed by atoms with van der Waals surface area (Å²) in [5.74, 6) is 0.450. The Morgan fingerprint density at radius 1 is 1.38 bits per heavy atom. The molecule has 2 nitrogen and oxygen atoms in total. The largest absolute Gasteiger partial charge is 0.459 e. The molecule has 0 saturated carbocycles. The molecule has 0 unspecified atom stereocenters. The van der Waals surface area contributed by atoms with Crippen LogP contribution in [-0.2, 0) is 9.47 Å².